The highest BCUT2D eigenvalue weighted by atomic mass is 35.5. The number of halogens is 2. The van der Waals surface area contributed by atoms with Gasteiger partial charge in [-0.2, -0.15) is 0 Å². The van der Waals surface area contributed by atoms with Crippen LogP contribution >= 0.6 is 24.8 Å². The second kappa shape index (κ2) is 5.39. The summed E-state index contributed by atoms with van der Waals surface area (Å²) in [6.07, 6.45) is 1.84. The van der Waals surface area contributed by atoms with Gasteiger partial charge in [-0.25, -0.2) is 0 Å². The summed E-state index contributed by atoms with van der Waals surface area (Å²) in [6, 6.07) is 2.03. The molecule has 11 heavy (non-hydrogen) atoms. The Hall–Kier alpha value is -0.270. The molecule has 0 unspecified atom stereocenters. The van der Waals surface area contributed by atoms with Gasteiger partial charge in [0.2, 0.25) is 0 Å². The number of rotatable bonds is 0. The van der Waals surface area contributed by atoms with Crippen molar-refractivity contribution in [3.05, 3.63) is 29.1 Å². The van der Waals surface area contributed by atoms with E-state index in [1.165, 1.54) is 11.1 Å². The third-order valence-corrected chi connectivity index (χ3v) is 1.73. The zero-order valence-electron chi connectivity index (χ0n) is 6.92. The van der Waals surface area contributed by atoms with Crippen LogP contribution in [0.2, 0.25) is 0 Å². The number of pyridine rings is 1. The molecule has 1 aromatic rings. The predicted molar refractivity (Wildman–Crippen MR) is 52.9 cm³/mol. The number of aryl methyl sites for hydroxylation is 2. The molecule has 0 bridgehead atoms. The summed E-state index contributed by atoms with van der Waals surface area (Å²) in [4.78, 5) is 4.14. The molecule has 64 valence electrons. The fraction of sp³-hybridized carbons (Fsp3) is 0.375. The summed E-state index contributed by atoms with van der Waals surface area (Å²) in [5, 5.41) is 0. The van der Waals surface area contributed by atoms with Crippen LogP contribution in [0.4, 0.5) is 0 Å². The first kappa shape index (κ1) is 13.3. The van der Waals surface area contributed by atoms with E-state index in [1.807, 2.05) is 19.2 Å². The fourth-order valence-electron chi connectivity index (χ4n) is 0.768. The highest BCUT2D eigenvalue weighted by molar-refractivity contribution is 5.85. The normalized spacial score (nSPS) is 7.91. The van der Waals surface area contributed by atoms with Gasteiger partial charge in [0, 0.05) is 11.9 Å². The summed E-state index contributed by atoms with van der Waals surface area (Å²) in [5.74, 6) is 0. The van der Waals surface area contributed by atoms with Crippen molar-refractivity contribution in [2.75, 3.05) is 0 Å². The van der Waals surface area contributed by atoms with E-state index >= 15 is 0 Å². The van der Waals surface area contributed by atoms with Crippen LogP contribution in [-0.4, -0.2) is 4.98 Å². The standard InChI is InChI=1S/C8H11N.2ClH/c1-6-4-5-9-8(3)7(6)2;;/h4-5H,1-3H3;2*1H. The quantitative estimate of drug-likeness (QED) is 0.618. The first-order chi connectivity index (χ1) is 4.22. The van der Waals surface area contributed by atoms with Gasteiger partial charge in [0.25, 0.3) is 0 Å². The molecule has 0 aromatic carbocycles. The number of hydrogen-bond acceptors (Lipinski definition) is 1. The molecule has 1 nitrogen and oxygen atoms in total. The number of aromatic nitrogens is 1. The minimum atomic E-state index is 0. The molecule has 1 aromatic heterocycles. The summed E-state index contributed by atoms with van der Waals surface area (Å²) in [6.45, 7) is 6.23. The zero-order valence-corrected chi connectivity index (χ0v) is 8.55. The van der Waals surface area contributed by atoms with Gasteiger partial charge in [-0.05, 0) is 38.0 Å². The van der Waals surface area contributed by atoms with Crippen molar-refractivity contribution in [3.8, 4) is 0 Å². The molecular weight excluding hydrogens is 181 g/mol. The van der Waals surface area contributed by atoms with Crippen molar-refractivity contribution in [1.82, 2.24) is 4.98 Å². The van der Waals surface area contributed by atoms with E-state index in [2.05, 4.69) is 18.8 Å². The van der Waals surface area contributed by atoms with Crippen LogP contribution in [0.15, 0.2) is 12.3 Å². The monoisotopic (exact) mass is 193 g/mol. The van der Waals surface area contributed by atoms with Crippen molar-refractivity contribution in [3.63, 3.8) is 0 Å². The summed E-state index contributed by atoms with van der Waals surface area (Å²) >= 11 is 0. The smallest absolute Gasteiger partial charge is 0.0404 e. The molecule has 0 aliphatic carbocycles. The summed E-state index contributed by atoms with van der Waals surface area (Å²) < 4.78 is 0. The molecule has 1 heterocycles. The van der Waals surface area contributed by atoms with Crippen LogP contribution in [0.5, 0.6) is 0 Å². The molecule has 0 aliphatic rings. The van der Waals surface area contributed by atoms with Gasteiger partial charge in [-0.15, -0.1) is 24.8 Å². The van der Waals surface area contributed by atoms with Gasteiger partial charge in [0.1, 0.15) is 0 Å². The molecule has 3 heteroatoms. The largest absolute Gasteiger partial charge is 0.261 e. The van der Waals surface area contributed by atoms with Crippen LogP contribution in [-0.2, 0) is 0 Å². The van der Waals surface area contributed by atoms with Gasteiger partial charge < -0.3 is 0 Å². The lowest BCUT2D eigenvalue weighted by atomic mass is 10.1. The van der Waals surface area contributed by atoms with Crippen LogP contribution in [0, 0.1) is 20.8 Å². The Balaban J connectivity index is 0. The van der Waals surface area contributed by atoms with Gasteiger partial charge in [-0.1, -0.05) is 0 Å². The highest BCUT2D eigenvalue weighted by Gasteiger charge is 1.93. The van der Waals surface area contributed by atoms with E-state index in [9.17, 15) is 0 Å². The van der Waals surface area contributed by atoms with Crippen molar-refractivity contribution in [2.45, 2.75) is 20.8 Å². The molecule has 0 saturated carbocycles. The zero-order chi connectivity index (χ0) is 6.85. The van der Waals surface area contributed by atoms with E-state index in [1.54, 1.807) is 0 Å². The lowest BCUT2D eigenvalue weighted by molar-refractivity contribution is 1.12. The van der Waals surface area contributed by atoms with Gasteiger partial charge >= 0.3 is 0 Å². The van der Waals surface area contributed by atoms with Crippen molar-refractivity contribution < 1.29 is 0 Å². The van der Waals surface area contributed by atoms with Gasteiger partial charge in [-0.3, -0.25) is 4.98 Å². The molecule has 0 N–H and O–H groups in total. The SMILES string of the molecule is Cc1ccnc(C)c1C.Cl.Cl. The second-order valence-corrected chi connectivity index (χ2v) is 2.34. The van der Waals surface area contributed by atoms with Crippen molar-refractivity contribution in [2.24, 2.45) is 0 Å². The van der Waals surface area contributed by atoms with E-state index in [0.717, 1.165) is 5.69 Å². The Morgan fingerprint density at radius 3 is 2.00 bits per heavy atom. The molecule has 1 rings (SSSR count). The molecule has 0 saturated heterocycles. The van der Waals surface area contributed by atoms with E-state index in [-0.39, 0.29) is 24.8 Å². The minimum Gasteiger partial charge on any atom is -0.261 e. The topological polar surface area (TPSA) is 12.9 Å². The lowest BCUT2D eigenvalue weighted by Gasteiger charge is -1.99. The maximum absolute atomic E-state index is 4.14. The minimum absolute atomic E-state index is 0. The van der Waals surface area contributed by atoms with E-state index in [4.69, 9.17) is 0 Å². The Morgan fingerprint density at radius 1 is 1.09 bits per heavy atom. The molecule has 0 spiro atoms. The van der Waals surface area contributed by atoms with Crippen LogP contribution < -0.4 is 0 Å². The Kier molecular flexibility index (Phi) is 6.53. The molecule has 0 radical (unpaired) electrons. The van der Waals surface area contributed by atoms with Crippen LogP contribution in [0.25, 0.3) is 0 Å². The maximum Gasteiger partial charge on any atom is 0.0404 e. The molecule has 0 atom stereocenters. The van der Waals surface area contributed by atoms with Crippen LogP contribution in [0.3, 0.4) is 0 Å². The third-order valence-electron chi connectivity index (χ3n) is 1.73. The third kappa shape index (κ3) is 3.08. The van der Waals surface area contributed by atoms with Crippen molar-refractivity contribution >= 4 is 24.8 Å². The average Bonchev–Trinajstić information content (AvgIpc) is 1.83. The van der Waals surface area contributed by atoms with Gasteiger partial charge in [0.05, 0.1) is 0 Å². The van der Waals surface area contributed by atoms with E-state index in [0.29, 0.717) is 0 Å². The number of nitrogens with zero attached hydrogens (tertiary/aromatic N) is 1. The molecular formula is C8H13Cl2N. The van der Waals surface area contributed by atoms with Gasteiger partial charge in [0.15, 0.2) is 0 Å². The first-order valence-corrected chi connectivity index (χ1v) is 3.10. The maximum atomic E-state index is 4.14. The second-order valence-electron chi connectivity index (χ2n) is 2.34. The molecule has 0 amide bonds. The fourth-order valence-corrected chi connectivity index (χ4v) is 0.768. The van der Waals surface area contributed by atoms with E-state index < -0.39 is 0 Å². The Morgan fingerprint density at radius 2 is 1.64 bits per heavy atom. The first-order valence-electron chi connectivity index (χ1n) is 3.10. The van der Waals surface area contributed by atoms with Crippen molar-refractivity contribution in [1.29, 1.82) is 0 Å². The summed E-state index contributed by atoms with van der Waals surface area (Å²) in [7, 11) is 0. The highest BCUT2D eigenvalue weighted by Crippen LogP contribution is 2.06. The Labute approximate surface area is 80.1 Å². The molecule has 0 aliphatic heterocycles. The molecule has 0 fully saturated rings. The van der Waals surface area contributed by atoms with Crippen LogP contribution in [0.1, 0.15) is 16.8 Å². The summed E-state index contributed by atoms with van der Waals surface area (Å²) in [5.41, 5.74) is 3.76. The number of hydrogen-bond donors (Lipinski definition) is 0. The Bertz CT molecular complexity index is 203. The lowest BCUT2D eigenvalue weighted by Crippen LogP contribution is -1.87. The predicted octanol–water partition coefficient (Wildman–Crippen LogP) is 2.85. The average molecular weight is 194 g/mol.